The lowest BCUT2D eigenvalue weighted by Gasteiger charge is -2.31. The molecule has 1 aliphatic rings. The van der Waals surface area contributed by atoms with Crippen LogP contribution in [-0.4, -0.2) is 0 Å². The Kier molecular flexibility index (Phi) is 8.59. The topological polar surface area (TPSA) is 29.5 Å². The highest BCUT2D eigenvalue weighted by Crippen LogP contribution is 2.48. The number of furan rings is 2. The third kappa shape index (κ3) is 6.11. The summed E-state index contributed by atoms with van der Waals surface area (Å²) in [4.78, 5) is 2.48. The minimum atomic E-state index is 0.567. The molecular formula is C58H43NO2. The second-order valence-electron chi connectivity index (χ2n) is 16.6. The normalized spacial score (nSPS) is 13.5. The third-order valence-corrected chi connectivity index (χ3v) is 13.1. The Morgan fingerprint density at radius 3 is 1.79 bits per heavy atom. The molecule has 0 amide bonds. The van der Waals surface area contributed by atoms with E-state index in [0.29, 0.717) is 5.92 Å². The van der Waals surface area contributed by atoms with E-state index >= 15 is 0 Å². The molecule has 0 radical (unpaired) electrons. The van der Waals surface area contributed by atoms with Crippen LogP contribution in [-0.2, 0) is 0 Å². The highest BCUT2D eigenvalue weighted by Gasteiger charge is 2.25. The fourth-order valence-corrected chi connectivity index (χ4v) is 10.2. The smallest absolute Gasteiger partial charge is 0.136 e. The number of benzene rings is 9. The van der Waals surface area contributed by atoms with Crippen LogP contribution in [0, 0.1) is 0 Å². The third-order valence-electron chi connectivity index (χ3n) is 13.1. The van der Waals surface area contributed by atoms with Crippen LogP contribution in [0.15, 0.2) is 203 Å². The summed E-state index contributed by atoms with van der Waals surface area (Å²) in [5, 5.41) is 7.18. The maximum Gasteiger partial charge on any atom is 0.136 e. The van der Waals surface area contributed by atoms with E-state index in [-0.39, 0.29) is 0 Å². The zero-order chi connectivity index (χ0) is 40.3. The van der Waals surface area contributed by atoms with Crippen LogP contribution in [0.1, 0.15) is 43.6 Å². The Balaban J connectivity index is 1.08. The first kappa shape index (κ1) is 35.6. The Hall–Kier alpha value is -7.36. The lowest BCUT2D eigenvalue weighted by molar-refractivity contribution is 0.445. The summed E-state index contributed by atoms with van der Waals surface area (Å²) in [5.74, 6) is 0.567. The number of rotatable bonds is 7. The fourth-order valence-electron chi connectivity index (χ4n) is 10.2. The quantitative estimate of drug-likeness (QED) is 0.161. The Morgan fingerprint density at radius 2 is 0.967 bits per heavy atom. The maximum atomic E-state index is 6.46. The lowest BCUT2D eigenvalue weighted by atomic mass is 9.80. The predicted molar refractivity (Wildman–Crippen MR) is 255 cm³/mol. The molecule has 3 nitrogen and oxygen atoms in total. The molecular weight excluding hydrogens is 743 g/mol. The molecule has 0 unspecified atom stereocenters. The first-order valence-corrected chi connectivity index (χ1v) is 21.7. The van der Waals surface area contributed by atoms with Crippen LogP contribution in [0.2, 0.25) is 0 Å². The summed E-state index contributed by atoms with van der Waals surface area (Å²) in [7, 11) is 0. The molecule has 2 aromatic heterocycles. The summed E-state index contributed by atoms with van der Waals surface area (Å²) in [6.07, 6.45) is 6.42. The minimum Gasteiger partial charge on any atom is -0.456 e. The molecule has 61 heavy (non-hydrogen) atoms. The van der Waals surface area contributed by atoms with Gasteiger partial charge in [0.15, 0.2) is 0 Å². The van der Waals surface area contributed by atoms with Gasteiger partial charge >= 0.3 is 0 Å². The van der Waals surface area contributed by atoms with Crippen molar-refractivity contribution in [2.75, 3.05) is 4.90 Å². The van der Waals surface area contributed by atoms with Crippen molar-refractivity contribution < 1.29 is 8.83 Å². The largest absolute Gasteiger partial charge is 0.456 e. The van der Waals surface area contributed by atoms with Crippen LogP contribution in [0.5, 0.6) is 0 Å². The zero-order valence-electron chi connectivity index (χ0n) is 33.9. The SMILES string of the molecule is c1cc(-c2ccc3oc4ccccc4c3c2)cc(N(c2ccccc2-c2ccc3c(c2)oc2ccccc23)c2ccccc2-c2cccc3cccc(C4CCCCC4)c23)c1. The number of anilines is 3. The summed E-state index contributed by atoms with van der Waals surface area (Å²) < 4.78 is 12.7. The summed E-state index contributed by atoms with van der Waals surface area (Å²) in [6, 6.07) is 70.5. The molecule has 292 valence electrons. The molecule has 1 aliphatic carbocycles. The average molecular weight is 786 g/mol. The van der Waals surface area contributed by atoms with E-state index in [2.05, 4.69) is 175 Å². The molecule has 0 N–H and O–H groups in total. The van der Waals surface area contributed by atoms with Gasteiger partial charge in [-0.3, -0.25) is 0 Å². The Labute approximate surface area is 355 Å². The first-order chi connectivity index (χ1) is 30.2. The van der Waals surface area contributed by atoms with E-state index in [1.165, 1.54) is 59.6 Å². The number of fused-ring (bicyclic) bond motifs is 7. The number of hydrogen-bond acceptors (Lipinski definition) is 3. The Morgan fingerprint density at radius 1 is 0.377 bits per heavy atom. The number of hydrogen-bond donors (Lipinski definition) is 0. The monoisotopic (exact) mass is 785 g/mol. The zero-order valence-corrected chi connectivity index (χ0v) is 33.9. The van der Waals surface area contributed by atoms with Gasteiger partial charge < -0.3 is 13.7 Å². The molecule has 1 saturated carbocycles. The standard InChI is InChI=1S/C58H43NO2/c1-2-15-38(16-3-1)45-25-13-17-39-18-14-26-50(58(39)45)46-22-5-9-28-53(46)59(43-20-12-19-40(35-43)41-32-34-56-51(36-41)48-24-7-11-30-55(48)60-56)52-27-8-4-21-44(52)42-31-33-49-47-23-6-10-29-54(47)61-57(49)37-42/h4-14,17-38H,1-3,15-16H2. The van der Waals surface area contributed by atoms with Gasteiger partial charge in [0.25, 0.3) is 0 Å². The average Bonchev–Trinajstić information content (AvgIpc) is 3.90. The molecule has 0 saturated heterocycles. The van der Waals surface area contributed by atoms with Crippen LogP contribution < -0.4 is 4.90 Å². The molecule has 0 atom stereocenters. The van der Waals surface area contributed by atoms with Crippen molar-refractivity contribution in [3.05, 3.63) is 200 Å². The van der Waals surface area contributed by atoms with E-state index in [9.17, 15) is 0 Å². The van der Waals surface area contributed by atoms with Crippen LogP contribution >= 0.6 is 0 Å². The lowest BCUT2D eigenvalue weighted by Crippen LogP contribution is -2.13. The van der Waals surface area contributed by atoms with Gasteiger partial charge in [0, 0.05) is 38.4 Å². The van der Waals surface area contributed by atoms with Crippen LogP contribution in [0.25, 0.3) is 88.0 Å². The van der Waals surface area contributed by atoms with Crippen molar-refractivity contribution in [2.45, 2.75) is 38.0 Å². The van der Waals surface area contributed by atoms with Crippen molar-refractivity contribution in [3.8, 4) is 33.4 Å². The van der Waals surface area contributed by atoms with Crippen molar-refractivity contribution in [3.63, 3.8) is 0 Å². The fraction of sp³-hybridized carbons (Fsp3) is 0.103. The molecule has 1 fully saturated rings. The second-order valence-corrected chi connectivity index (χ2v) is 16.6. The van der Waals surface area contributed by atoms with Gasteiger partial charge in [-0.15, -0.1) is 0 Å². The summed E-state index contributed by atoms with van der Waals surface area (Å²) >= 11 is 0. The van der Waals surface area contributed by atoms with E-state index in [0.717, 1.165) is 83.2 Å². The highest BCUT2D eigenvalue weighted by molar-refractivity contribution is 6.08. The van der Waals surface area contributed by atoms with Gasteiger partial charge in [-0.1, -0.05) is 153 Å². The van der Waals surface area contributed by atoms with Gasteiger partial charge in [-0.05, 0) is 118 Å². The molecule has 3 heteroatoms. The van der Waals surface area contributed by atoms with E-state index in [1.54, 1.807) is 0 Å². The van der Waals surface area contributed by atoms with Crippen LogP contribution in [0.4, 0.5) is 17.1 Å². The predicted octanol–water partition coefficient (Wildman–Crippen LogP) is 17.2. The van der Waals surface area contributed by atoms with Crippen molar-refractivity contribution in [1.82, 2.24) is 0 Å². The van der Waals surface area contributed by atoms with Crippen LogP contribution in [0.3, 0.4) is 0 Å². The van der Waals surface area contributed by atoms with Gasteiger partial charge in [-0.25, -0.2) is 0 Å². The molecule has 12 rings (SSSR count). The molecule has 2 heterocycles. The highest BCUT2D eigenvalue weighted by atomic mass is 16.3. The molecule has 0 spiro atoms. The van der Waals surface area contributed by atoms with Gasteiger partial charge in [-0.2, -0.15) is 0 Å². The maximum absolute atomic E-state index is 6.46. The molecule has 0 bridgehead atoms. The van der Waals surface area contributed by atoms with Gasteiger partial charge in [0.05, 0.1) is 11.4 Å². The number of para-hydroxylation sites is 4. The second kappa shape index (κ2) is 14.7. The minimum absolute atomic E-state index is 0.567. The first-order valence-electron chi connectivity index (χ1n) is 21.7. The molecule has 9 aromatic carbocycles. The van der Waals surface area contributed by atoms with Crippen molar-refractivity contribution in [2.24, 2.45) is 0 Å². The summed E-state index contributed by atoms with van der Waals surface area (Å²) in [5.41, 5.74) is 15.3. The van der Waals surface area contributed by atoms with Crippen molar-refractivity contribution in [1.29, 1.82) is 0 Å². The molecule has 11 aromatic rings. The van der Waals surface area contributed by atoms with Gasteiger partial charge in [0.2, 0.25) is 0 Å². The number of nitrogens with zero attached hydrogens (tertiary/aromatic N) is 1. The summed E-state index contributed by atoms with van der Waals surface area (Å²) in [6.45, 7) is 0. The Bertz CT molecular complexity index is 3430. The van der Waals surface area contributed by atoms with E-state index < -0.39 is 0 Å². The van der Waals surface area contributed by atoms with E-state index in [4.69, 9.17) is 8.83 Å². The van der Waals surface area contributed by atoms with Crippen molar-refractivity contribution >= 4 is 71.7 Å². The van der Waals surface area contributed by atoms with E-state index in [1.807, 2.05) is 24.3 Å². The molecule has 0 aliphatic heterocycles. The van der Waals surface area contributed by atoms with Gasteiger partial charge in [0.1, 0.15) is 22.3 Å².